The summed E-state index contributed by atoms with van der Waals surface area (Å²) in [7, 11) is 0. The van der Waals surface area contributed by atoms with Gasteiger partial charge in [0.1, 0.15) is 5.58 Å². The Kier molecular flexibility index (Phi) is 4.44. The number of nitrogens with zero attached hydrogens (tertiary/aromatic N) is 1. The monoisotopic (exact) mass is 392 g/mol. The van der Waals surface area contributed by atoms with Gasteiger partial charge in [0.2, 0.25) is 0 Å². The molecule has 1 amide bonds. The number of hydrogen-bond acceptors (Lipinski definition) is 5. The van der Waals surface area contributed by atoms with Gasteiger partial charge in [-0.25, -0.2) is 4.79 Å². The first kappa shape index (κ1) is 17.8. The highest BCUT2D eigenvalue weighted by Crippen LogP contribution is 2.26. The summed E-state index contributed by atoms with van der Waals surface area (Å²) in [4.78, 5) is 28.5. The second kappa shape index (κ2) is 7.25. The van der Waals surface area contributed by atoms with Crippen molar-refractivity contribution in [3.05, 3.63) is 70.4 Å². The van der Waals surface area contributed by atoms with Gasteiger partial charge in [-0.05, 0) is 30.5 Å². The smallest absolute Gasteiger partial charge is 0.417 e. The summed E-state index contributed by atoms with van der Waals surface area (Å²) in [5, 5.41) is 0.727. The van der Waals surface area contributed by atoms with E-state index in [4.69, 9.17) is 13.6 Å². The number of aromatic nitrogens is 1. The van der Waals surface area contributed by atoms with Crippen molar-refractivity contribution in [1.29, 1.82) is 0 Å². The lowest BCUT2D eigenvalue weighted by Crippen LogP contribution is -2.40. The standard InChI is InChI=1S/C22H20N2O5/c25-21(20-11-15-10-19-17(12-18(15)28-20)23-22(26)29-19)24-8-6-16(7-9-24)27-13-14-4-2-1-3-5-14/h1-5,10-12,16H,6-9,13H2,(H,23,26). The van der Waals surface area contributed by atoms with Crippen LogP contribution in [0.4, 0.5) is 0 Å². The molecule has 0 bridgehead atoms. The molecule has 1 aliphatic rings. The molecule has 0 saturated carbocycles. The molecule has 148 valence electrons. The van der Waals surface area contributed by atoms with Gasteiger partial charge in [-0.2, -0.15) is 0 Å². The molecule has 1 N–H and O–H groups in total. The summed E-state index contributed by atoms with van der Waals surface area (Å²) in [5.41, 5.74) is 2.69. The molecule has 5 rings (SSSR count). The van der Waals surface area contributed by atoms with Crippen LogP contribution in [0.25, 0.3) is 22.1 Å². The van der Waals surface area contributed by atoms with E-state index in [0.717, 1.165) is 23.8 Å². The predicted molar refractivity (Wildman–Crippen MR) is 107 cm³/mol. The fourth-order valence-corrected chi connectivity index (χ4v) is 3.76. The van der Waals surface area contributed by atoms with E-state index in [1.54, 1.807) is 23.1 Å². The number of fused-ring (bicyclic) bond motifs is 2. The number of ether oxygens (including phenoxy) is 1. The van der Waals surface area contributed by atoms with Crippen LogP contribution in [0.3, 0.4) is 0 Å². The Balaban J connectivity index is 1.23. The van der Waals surface area contributed by atoms with E-state index in [1.165, 1.54) is 0 Å². The normalized spacial score (nSPS) is 15.4. The first-order chi connectivity index (χ1) is 14.2. The number of H-pyrrole nitrogens is 1. The Labute approximate surface area is 165 Å². The van der Waals surface area contributed by atoms with Crippen molar-refractivity contribution in [2.45, 2.75) is 25.6 Å². The molecule has 3 heterocycles. The third-order valence-electron chi connectivity index (χ3n) is 5.33. The zero-order chi connectivity index (χ0) is 19.8. The van der Waals surface area contributed by atoms with Gasteiger partial charge in [0.25, 0.3) is 5.91 Å². The van der Waals surface area contributed by atoms with Crippen molar-refractivity contribution in [3.8, 4) is 0 Å². The number of oxazole rings is 1. The number of carbonyl (C=O) groups is 1. The van der Waals surface area contributed by atoms with Gasteiger partial charge in [-0.15, -0.1) is 0 Å². The van der Waals surface area contributed by atoms with Gasteiger partial charge in [0.15, 0.2) is 11.3 Å². The first-order valence-corrected chi connectivity index (χ1v) is 9.67. The zero-order valence-corrected chi connectivity index (χ0v) is 15.7. The molecule has 7 nitrogen and oxygen atoms in total. The second-order valence-electron chi connectivity index (χ2n) is 7.30. The van der Waals surface area contributed by atoms with Gasteiger partial charge in [-0.1, -0.05) is 30.3 Å². The van der Waals surface area contributed by atoms with Gasteiger partial charge in [0.05, 0.1) is 18.2 Å². The number of amides is 1. The highest BCUT2D eigenvalue weighted by Gasteiger charge is 2.26. The number of carbonyl (C=O) groups excluding carboxylic acids is 1. The van der Waals surface area contributed by atoms with Gasteiger partial charge >= 0.3 is 5.76 Å². The Morgan fingerprint density at radius 3 is 2.66 bits per heavy atom. The fraction of sp³-hybridized carbons (Fsp3) is 0.273. The van der Waals surface area contributed by atoms with E-state index in [0.29, 0.717) is 42.1 Å². The highest BCUT2D eigenvalue weighted by molar-refractivity contribution is 5.99. The molecule has 1 fully saturated rings. The van der Waals surface area contributed by atoms with Crippen LogP contribution in [-0.4, -0.2) is 35.0 Å². The third-order valence-corrected chi connectivity index (χ3v) is 5.33. The lowest BCUT2D eigenvalue weighted by atomic mass is 10.1. The molecule has 29 heavy (non-hydrogen) atoms. The quantitative estimate of drug-likeness (QED) is 0.572. The van der Waals surface area contributed by atoms with Gasteiger partial charge in [-0.3, -0.25) is 9.78 Å². The number of nitrogens with one attached hydrogen (secondary N) is 1. The van der Waals surface area contributed by atoms with Crippen LogP contribution < -0.4 is 5.76 Å². The first-order valence-electron chi connectivity index (χ1n) is 9.67. The molecule has 2 aromatic carbocycles. The Morgan fingerprint density at radius 2 is 1.86 bits per heavy atom. The van der Waals surface area contributed by atoms with Crippen molar-refractivity contribution in [1.82, 2.24) is 9.88 Å². The average molecular weight is 392 g/mol. The largest absolute Gasteiger partial charge is 0.451 e. The van der Waals surface area contributed by atoms with Crippen LogP contribution in [0, 0.1) is 0 Å². The zero-order valence-electron chi connectivity index (χ0n) is 15.7. The summed E-state index contributed by atoms with van der Waals surface area (Å²) >= 11 is 0. The maximum atomic E-state index is 12.9. The molecule has 0 radical (unpaired) electrons. The molecular formula is C22H20N2O5. The molecule has 4 aromatic rings. The van der Waals surface area contributed by atoms with Gasteiger partial charge < -0.3 is 18.5 Å². The number of furan rings is 1. The number of likely N-dealkylation sites (tertiary alicyclic amines) is 1. The van der Waals surface area contributed by atoms with Gasteiger partial charge in [0, 0.05) is 24.5 Å². The number of piperidine rings is 1. The molecule has 7 heteroatoms. The Bertz CT molecular complexity index is 1160. The molecule has 0 atom stereocenters. The third kappa shape index (κ3) is 3.56. The van der Waals surface area contributed by atoms with Crippen molar-refractivity contribution in [2.24, 2.45) is 0 Å². The minimum atomic E-state index is -0.513. The SMILES string of the molecule is O=C(c1cc2cc3oc(=O)[nH]c3cc2o1)N1CCC(OCc2ccccc2)CC1. The maximum absolute atomic E-state index is 12.9. The highest BCUT2D eigenvalue weighted by atomic mass is 16.5. The summed E-state index contributed by atoms with van der Waals surface area (Å²) in [6.07, 6.45) is 1.75. The van der Waals surface area contributed by atoms with Crippen LogP contribution in [0.1, 0.15) is 29.0 Å². The molecule has 0 spiro atoms. The number of rotatable bonds is 4. The second-order valence-corrected chi connectivity index (χ2v) is 7.30. The molecule has 2 aromatic heterocycles. The van der Waals surface area contributed by atoms with E-state index in [9.17, 15) is 9.59 Å². The fourth-order valence-electron chi connectivity index (χ4n) is 3.76. The summed E-state index contributed by atoms with van der Waals surface area (Å²) in [5.74, 6) is -0.354. The van der Waals surface area contributed by atoms with Crippen LogP contribution >= 0.6 is 0 Å². The average Bonchev–Trinajstić information content (AvgIpc) is 3.32. The minimum Gasteiger partial charge on any atom is -0.451 e. The summed E-state index contributed by atoms with van der Waals surface area (Å²) < 4.78 is 16.8. The molecule has 1 aliphatic heterocycles. The topological polar surface area (TPSA) is 88.7 Å². The van der Waals surface area contributed by atoms with Crippen LogP contribution in [-0.2, 0) is 11.3 Å². The molecular weight excluding hydrogens is 372 g/mol. The van der Waals surface area contributed by atoms with E-state index < -0.39 is 5.76 Å². The molecule has 0 unspecified atom stereocenters. The van der Waals surface area contributed by atoms with Crippen molar-refractivity contribution < 1.29 is 18.4 Å². The Hall–Kier alpha value is -3.32. The predicted octanol–water partition coefficient (Wildman–Crippen LogP) is 3.69. The lowest BCUT2D eigenvalue weighted by molar-refractivity contribution is -0.000994. The summed E-state index contributed by atoms with van der Waals surface area (Å²) in [6.45, 7) is 1.85. The minimum absolute atomic E-state index is 0.132. The van der Waals surface area contributed by atoms with Crippen LogP contribution in [0.5, 0.6) is 0 Å². The Morgan fingerprint density at radius 1 is 1.07 bits per heavy atom. The van der Waals surface area contributed by atoms with E-state index in [1.807, 2.05) is 30.3 Å². The van der Waals surface area contributed by atoms with Crippen molar-refractivity contribution in [2.75, 3.05) is 13.1 Å². The number of benzene rings is 2. The lowest BCUT2D eigenvalue weighted by Gasteiger charge is -2.31. The molecule has 0 aliphatic carbocycles. The van der Waals surface area contributed by atoms with E-state index in [2.05, 4.69) is 4.98 Å². The van der Waals surface area contributed by atoms with E-state index in [-0.39, 0.29) is 12.0 Å². The van der Waals surface area contributed by atoms with Crippen LogP contribution in [0.2, 0.25) is 0 Å². The number of hydrogen-bond donors (Lipinski definition) is 1. The van der Waals surface area contributed by atoms with Crippen molar-refractivity contribution in [3.63, 3.8) is 0 Å². The van der Waals surface area contributed by atoms with Crippen molar-refractivity contribution >= 4 is 28.0 Å². The molecule has 1 saturated heterocycles. The van der Waals surface area contributed by atoms with E-state index >= 15 is 0 Å². The maximum Gasteiger partial charge on any atom is 0.417 e. The summed E-state index contributed by atoms with van der Waals surface area (Å²) in [6, 6.07) is 15.2. The van der Waals surface area contributed by atoms with Crippen LogP contribution in [0.15, 0.2) is 62.2 Å². The number of aromatic amines is 1.